The first-order valence-electron chi connectivity index (χ1n) is 8.42. The van der Waals surface area contributed by atoms with Gasteiger partial charge >= 0.3 is 6.18 Å². The molecule has 0 bridgehead atoms. The molecule has 5 rings (SSSR count). The monoisotopic (exact) mass is 357 g/mol. The largest absolute Gasteiger partial charge is 0.433 e. The molecule has 0 saturated carbocycles. The third kappa shape index (κ3) is 2.14. The Morgan fingerprint density at radius 3 is 2.50 bits per heavy atom. The van der Waals surface area contributed by atoms with E-state index in [1.807, 2.05) is 12.1 Å². The van der Waals surface area contributed by atoms with Crippen LogP contribution in [0.5, 0.6) is 0 Å². The first kappa shape index (κ1) is 15.4. The summed E-state index contributed by atoms with van der Waals surface area (Å²) in [7, 11) is 0. The number of rotatable bonds is 1. The van der Waals surface area contributed by atoms with Crippen molar-refractivity contribution in [3.63, 3.8) is 0 Å². The Bertz CT molecular complexity index is 1140. The molecule has 0 atom stereocenters. The summed E-state index contributed by atoms with van der Waals surface area (Å²) in [5.74, 6) is 0. The van der Waals surface area contributed by atoms with E-state index in [1.54, 1.807) is 6.20 Å². The van der Waals surface area contributed by atoms with Crippen LogP contribution in [0.1, 0.15) is 29.7 Å². The van der Waals surface area contributed by atoms with Crippen molar-refractivity contribution in [2.24, 2.45) is 0 Å². The van der Waals surface area contributed by atoms with Crippen LogP contribution in [0.15, 0.2) is 24.5 Å². The van der Waals surface area contributed by atoms with Crippen LogP contribution >= 0.6 is 0 Å². The summed E-state index contributed by atoms with van der Waals surface area (Å²) in [4.78, 5) is 4.63. The van der Waals surface area contributed by atoms with Gasteiger partial charge in [0.1, 0.15) is 5.69 Å². The number of aryl methyl sites for hydroxylation is 1. The number of alkyl halides is 3. The van der Waals surface area contributed by atoms with Gasteiger partial charge in [0.25, 0.3) is 0 Å². The first-order valence-corrected chi connectivity index (χ1v) is 8.42. The quantitative estimate of drug-likeness (QED) is 0.530. The van der Waals surface area contributed by atoms with Crippen LogP contribution in [0.3, 0.4) is 0 Å². The van der Waals surface area contributed by atoms with E-state index in [-0.39, 0.29) is 5.56 Å². The maximum absolute atomic E-state index is 13.4. The van der Waals surface area contributed by atoms with Gasteiger partial charge < -0.3 is 0 Å². The van der Waals surface area contributed by atoms with Gasteiger partial charge in [0, 0.05) is 10.8 Å². The summed E-state index contributed by atoms with van der Waals surface area (Å²) >= 11 is 0. The predicted molar refractivity (Wildman–Crippen MR) is 90.6 cm³/mol. The minimum atomic E-state index is -4.50. The molecule has 3 heterocycles. The van der Waals surface area contributed by atoms with Crippen molar-refractivity contribution in [1.29, 1.82) is 0 Å². The van der Waals surface area contributed by atoms with Crippen molar-refractivity contribution in [2.75, 3.05) is 0 Å². The summed E-state index contributed by atoms with van der Waals surface area (Å²) in [6.07, 6.45) is 1.97. The molecule has 4 aromatic rings. The van der Waals surface area contributed by atoms with Crippen LogP contribution in [0.25, 0.3) is 33.1 Å². The highest BCUT2D eigenvalue weighted by molar-refractivity contribution is 6.07. The summed E-state index contributed by atoms with van der Waals surface area (Å²) in [5.41, 5.74) is 3.12. The number of fused-ring (bicyclic) bond motifs is 5. The zero-order valence-electron chi connectivity index (χ0n) is 13.6. The number of H-pyrrole nitrogens is 2. The minimum absolute atomic E-state index is 0.0184. The fourth-order valence-electron chi connectivity index (χ4n) is 3.95. The first-order chi connectivity index (χ1) is 12.5. The number of aromatic nitrogens is 5. The Morgan fingerprint density at radius 1 is 0.923 bits per heavy atom. The van der Waals surface area contributed by atoms with E-state index in [4.69, 9.17) is 0 Å². The number of nitrogens with zero attached hydrogens (tertiary/aromatic N) is 3. The number of pyridine rings is 1. The smallest absolute Gasteiger partial charge is 0.278 e. The Kier molecular flexibility index (Phi) is 3.13. The second-order valence-corrected chi connectivity index (χ2v) is 6.57. The van der Waals surface area contributed by atoms with Gasteiger partial charge in [-0.05, 0) is 48.9 Å². The molecule has 0 fully saturated rings. The van der Waals surface area contributed by atoms with Gasteiger partial charge in [0.2, 0.25) is 0 Å². The van der Waals surface area contributed by atoms with E-state index in [0.717, 1.165) is 46.7 Å². The van der Waals surface area contributed by atoms with Crippen molar-refractivity contribution < 1.29 is 13.2 Å². The van der Waals surface area contributed by atoms with Gasteiger partial charge in [-0.15, -0.1) is 0 Å². The van der Waals surface area contributed by atoms with Gasteiger partial charge in [0.15, 0.2) is 0 Å². The summed E-state index contributed by atoms with van der Waals surface area (Å²) in [6.45, 7) is 0. The Morgan fingerprint density at radius 2 is 1.69 bits per heavy atom. The molecule has 8 heteroatoms. The highest BCUT2D eigenvalue weighted by atomic mass is 19.4. The Balaban J connectivity index is 1.88. The molecule has 1 aromatic carbocycles. The van der Waals surface area contributed by atoms with Crippen LogP contribution < -0.4 is 0 Å². The van der Waals surface area contributed by atoms with Gasteiger partial charge in [-0.25, -0.2) is 4.98 Å². The van der Waals surface area contributed by atoms with Crippen LogP contribution in [0.4, 0.5) is 13.2 Å². The third-order valence-corrected chi connectivity index (χ3v) is 5.07. The molecule has 132 valence electrons. The zero-order chi connectivity index (χ0) is 17.9. The van der Waals surface area contributed by atoms with E-state index in [9.17, 15) is 13.2 Å². The van der Waals surface area contributed by atoms with Crippen molar-refractivity contribution in [2.45, 2.75) is 31.9 Å². The highest BCUT2D eigenvalue weighted by Crippen LogP contribution is 2.41. The van der Waals surface area contributed by atoms with Gasteiger partial charge in [-0.3, -0.25) is 10.2 Å². The molecule has 0 spiro atoms. The molecule has 1 aliphatic rings. The molecular weight excluding hydrogens is 343 g/mol. The lowest BCUT2D eigenvalue weighted by Crippen LogP contribution is -2.11. The fraction of sp³-hybridized carbons (Fsp3) is 0.278. The molecule has 2 N–H and O–H groups in total. The minimum Gasteiger partial charge on any atom is -0.278 e. The number of hydrogen-bond acceptors (Lipinski definition) is 3. The molecule has 26 heavy (non-hydrogen) atoms. The molecule has 0 amide bonds. The lowest BCUT2D eigenvalue weighted by atomic mass is 9.85. The van der Waals surface area contributed by atoms with Crippen LogP contribution in [-0.4, -0.2) is 25.4 Å². The second-order valence-electron chi connectivity index (χ2n) is 6.57. The van der Waals surface area contributed by atoms with Crippen molar-refractivity contribution >= 4 is 21.8 Å². The summed E-state index contributed by atoms with van der Waals surface area (Å²) < 4.78 is 40.1. The van der Waals surface area contributed by atoms with Crippen LogP contribution in [0.2, 0.25) is 0 Å². The average Bonchev–Trinajstić information content (AvgIpc) is 3.29. The van der Waals surface area contributed by atoms with Crippen LogP contribution in [0, 0.1) is 0 Å². The van der Waals surface area contributed by atoms with E-state index in [0.29, 0.717) is 17.6 Å². The number of hydrogen-bond donors (Lipinski definition) is 2. The topological polar surface area (TPSA) is 70.2 Å². The molecular formula is C18H14F3N5. The standard InChI is InChI=1S/C18H14F3N5/c19-18(20,21)17-12(8-23-26-17)16-10-4-2-1-3-9(10)15-11-7-22-25-13(11)5-6-14(15)24-16/h5-8H,1-4H2,(H,22,25)(H,23,26). The number of aromatic amines is 2. The van der Waals surface area contributed by atoms with Gasteiger partial charge in [-0.2, -0.15) is 23.4 Å². The number of nitrogens with one attached hydrogen (secondary N) is 2. The van der Waals surface area contributed by atoms with E-state index < -0.39 is 11.9 Å². The van der Waals surface area contributed by atoms with Gasteiger partial charge in [0.05, 0.1) is 34.7 Å². The summed E-state index contributed by atoms with van der Waals surface area (Å²) in [6, 6.07) is 3.69. The van der Waals surface area contributed by atoms with Crippen molar-refractivity contribution in [3.8, 4) is 11.3 Å². The Labute approximate surface area is 145 Å². The third-order valence-electron chi connectivity index (χ3n) is 5.07. The average molecular weight is 357 g/mol. The van der Waals surface area contributed by atoms with Crippen molar-refractivity contribution in [1.82, 2.24) is 25.4 Å². The second kappa shape index (κ2) is 5.30. The van der Waals surface area contributed by atoms with E-state index >= 15 is 0 Å². The van der Waals surface area contributed by atoms with Gasteiger partial charge in [-0.1, -0.05) is 0 Å². The molecule has 5 nitrogen and oxygen atoms in total. The highest BCUT2D eigenvalue weighted by Gasteiger charge is 2.37. The molecule has 0 radical (unpaired) electrons. The van der Waals surface area contributed by atoms with Crippen LogP contribution in [-0.2, 0) is 19.0 Å². The normalized spacial score (nSPS) is 14.9. The lowest BCUT2D eigenvalue weighted by molar-refractivity contribution is -0.140. The molecule has 0 aliphatic heterocycles. The maximum atomic E-state index is 13.4. The number of benzene rings is 1. The zero-order valence-corrected chi connectivity index (χ0v) is 13.6. The Hall–Kier alpha value is -2.90. The molecule has 0 saturated heterocycles. The molecule has 0 unspecified atom stereocenters. The van der Waals surface area contributed by atoms with E-state index in [2.05, 4.69) is 25.4 Å². The predicted octanol–water partition coefficient (Wildman–Crippen LogP) is 4.40. The van der Waals surface area contributed by atoms with E-state index in [1.165, 1.54) is 6.20 Å². The fourth-order valence-corrected chi connectivity index (χ4v) is 3.95. The van der Waals surface area contributed by atoms with Crippen molar-refractivity contribution in [3.05, 3.63) is 41.3 Å². The molecule has 1 aliphatic carbocycles. The molecule has 3 aromatic heterocycles. The number of halogens is 3. The lowest BCUT2D eigenvalue weighted by Gasteiger charge is -2.22. The maximum Gasteiger partial charge on any atom is 0.433 e. The summed E-state index contributed by atoms with van der Waals surface area (Å²) in [5, 5.41) is 14.7. The SMILES string of the molecule is FC(F)(F)c1[nH]ncc1-c1nc2ccc3[nH]ncc3c2c2c1CCCC2.